The molecule has 3 aromatic rings. The van der Waals surface area contributed by atoms with Gasteiger partial charge in [-0.05, 0) is 55.3 Å². The highest BCUT2D eigenvalue weighted by atomic mass is 32.1. The normalized spacial score (nSPS) is 17.6. The van der Waals surface area contributed by atoms with Crippen molar-refractivity contribution in [2.45, 2.75) is 32.7 Å². The number of carbonyl (C=O) groups is 2. The number of likely N-dealkylation sites (N-methyl/N-ethyl adjacent to an activating group) is 1. The van der Waals surface area contributed by atoms with Gasteiger partial charge in [-0.3, -0.25) is 14.5 Å². The molecule has 0 radical (unpaired) electrons. The van der Waals surface area contributed by atoms with Crippen LogP contribution in [0.1, 0.15) is 30.9 Å². The summed E-state index contributed by atoms with van der Waals surface area (Å²) in [4.78, 5) is 31.6. The Balaban J connectivity index is 1.57. The van der Waals surface area contributed by atoms with E-state index in [1.807, 2.05) is 65.2 Å². The van der Waals surface area contributed by atoms with Crippen molar-refractivity contribution in [3.8, 4) is 0 Å². The predicted molar refractivity (Wildman–Crippen MR) is 139 cm³/mol. The summed E-state index contributed by atoms with van der Waals surface area (Å²) < 4.78 is 2.05. The largest absolute Gasteiger partial charge is 0.341 e. The van der Waals surface area contributed by atoms with Crippen LogP contribution in [0, 0.1) is 0 Å². The minimum atomic E-state index is -0.153. The van der Waals surface area contributed by atoms with Crippen molar-refractivity contribution in [2.75, 3.05) is 25.0 Å². The minimum absolute atomic E-state index is 0.144. The van der Waals surface area contributed by atoms with Crippen LogP contribution in [0.4, 0.5) is 5.69 Å². The molecule has 2 saturated heterocycles. The Morgan fingerprint density at radius 3 is 2.50 bits per heavy atom. The Morgan fingerprint density at radius 1 is 1.06 bits per heavy atom. The molecule has 0 N–H and O–H groups in total. The van der Waals surface area contributed by atoms with Gasteiger partial charge in [-0.15, -0.1) is 0 Å². The number of aromatic nitrogens is 1. The molecule has 0 aliphatic carbocycles. The number of rotatable bonds is 5. The Hall–Kier alpha value is -3.45. The van der Waals surface area contributed by atoms with Crippen molar-refractivity contribution < 1.29 is 9.59 Å². The van der Waals surface area contributed by atoms with Crippen molar-refractivity contribution in [2.24, 2.45) is 0 Å². The third kappa shape index (κ3) is 3.80. The number of aryl methyl sites for hydroxylation is 1. The lowest BCUT2D eigenvalue weighted by Crippen LogP contribution is -2.30. The first-order valence-electron chi connectivity index (χ1n) is 11.8. The third-order valence-electron chi connectivity index (χ3n) is 6.73. The van der Waals surface area contributed by atoms with Gasteiger partial charge in [0.2, 0.25) is 5.91 Å². The first kappa shape index (κ1) is 22.3. The summed E-state index contributed by atoms with van der Waals surface area (Å²) in [6, 6.07) is 15.7. The Kier molecular flexibility index (Phi) is 5.96. The van der Waals surface area contributed by atoms with Crippen molar-refractivity contribution in [1.29, 1.82) is 0 Å². The number of carbonyl (C=O) groups excluding carboxylic acids is 2. The average Bonchev–Trinajstić information content (AvgIpc) is 3.56. The highest BCUT2D eigenvalue weighted by Crippen LogP contribution is 2.31. The van der Waals surface area contributed by atoms with Crippen LogP contribution < -0.4 is 4.90 Å². The van der Waals surface area contributed by atoms with E-state index in [4.69, 9.17) is 12.2 Å². The maximum atomic E-state index is 13.4. The molecule has 34 heavy (non-hydrogen) atoms. The molecule has 2 aliphatic heterocycles. The van der Waals surface area contributed by atoms with E-state index in [2.05, 4.69) is 19.1 Å². The zero-order chi connectivity index (χ0) is 23.8. The molecule has 174 valence electrons. The molecule has 2 aromatic carbocycles. The minimum Gasteiger partial charge on any atom is -0.341 e. The SMILES string of the molecule is CCc1cccc2c(/C=C3/C(=O)N(c4ccccc4)C(=S)N3C)cn(CC(=O)N3CCCC3)c12. The molecule has 2 aliphatic rings. The molecular formula is C27H28N4O2S. The van der Waals surface area contributed by atoms with Crippen LogP contribution in [0.5, 0.6) is 0 Å². The van der Waals surface area contributed by atoms with Gasteiger partial charge in [-0.25, -0.2) is 0 Å². The lowest BCUT2D eigenvalue weighted by Gasteiger charge is -2.16. The van der Waals surface area contributed by atoms with Crippen LogP contribution in [-0.2, 0) is 22.6 Å². The quantitative estimate of drug-likeness (QED) is 0.407. The lowest BCUT2D eigenvalue weighted by atomic mass is 10.1. The summed E-state index contributed by atoms with van der Waals surface area (Å²) in [5.74, 6) is -0.00982. The maximum Gasteiger partial charge on any atom is 0.281 e. The van der Waals surface area contributed by atoms with Gasteiger partial charge < -0.3 is 14.4 Å². The number of para-hydroxylation sites is 2. The average molecular weight is 473 g/mol. The first-order valence-corrected chi connectivity index (χ1v) is 12.2. The molecule has 2 amide bonds. The number of fused-ring (bicyclic) bond motifs is 1. The van der Waals surface area contributed by atoms with Crippen LogP contribution in [0.3, 0.4) is 0 Å². The molecule has 5 rings (SSSR count). The van der Waals surface area contributed by atoms with E-state index >= 15 is 0 Å². The van der Waals surface area contributed by atoms with E-state index in [0.29, 0.717) is 17.4 Å². The molecule has 1 aromatic heterocycles. The number of thiocarbonyl (C=S) groups is 1. The van der Waals surface area contributed by atoms with Crippen LogP contribution in [-0.4, -0.2) is 51.4 Å². The van der Waals surface area contributed by atoms with Gasteiger partial charge in [-0.1, -0.05) is 43.3 Å². The van der Waals surface area contributed by atoms with Crippen molar-refractivity contribution >= 4 is 51.8 Å². The van der Waals surface area contributed by atoms with E-state index in [0.717, 1.165) is 54.5 Å². The predicted octanol–water partition coefficient (Wildman–Crippen LogP) is 4.43. The molecule has 0 unspecified atom stereocenters. The van der Waals surface area contributed by atoms with Crippen molar-refractivity contribution in [3.63, 3.8) is 0 Å². The fraction of sp³-hybridized carbons (Fsp3) is 0.296. The Bertz CT molecular complexity index is 1300. The van der Waals surface area contributed by atoms with Gasteiger partial charge >= 0.3 is 0 Å². The second-order valence-electron chi connectivity index (χ2n) is 8.81. The number of nitrogens with zero attached hydrogens (tertiary/aromatic N) is 4. The summed E-state index contributed by atoms with van der Waals surface area (Å²) in [6.07, 6.45) is 6.90. The molecule has 7 heteroatoms. The zero-order valence-electron chi connectivity index (χ0n) is 19.5. The van der Waals surface area contributed by atoms with Gasteiger partial charge in [0.25, 0.3) is 5.91 Å². The summed E-state index contributed by atoms with van der Waals surface area (Å²) in [5, 5.41) is 1.48. The molecule has 0 saturated carbocycles. The smallest absolute Gasteiger partial charge is 0.281 e. The lowest BCUT2D eigenvalue weighted by molar-refractivity contribution is -0.130. The van der Waals surface area contributed by atoms with Crippen LogP contribution in [0.2, 0.25) is 0 Å². The number of hydrogen-bond acceptors (Lipinski definition) is 3. The highest BCUT2D eigenvalue weighted by Gasteiger charge is 2.37. The second-order valence-corrected chi connectivity index (χ2v) is 9.18. The molecule has 0 spiro atoms. The second kappa shape index (κ2) is 9.06. The monoisotopic (exact) mass is 472 g/mol. The molecule has 0 bridgehead atoms. The maximum absolute atomic E-state index is 13.4. The topological polar surface area (TPSA) is 48.8 Å². The van der Waals surface area contributed by atoms with Crippen LogP contribution in [0.15, 0.2) is 60.4 Å². The van der Waals surface area contributed by atoms with E-state index in [9.17, 15) is 9.59 Å². The van der Waals surface area contributed by atoms with E-state index in [-0.39, 0.29) is 11.8 Å². The summed E-state index contributed by atoms with van der Waals surface area (Å²) in [7, 11) is 1.82. The standard InChI is InChI=1S/C27H28N4O2S/c1-3-19-10-9-13-22-20(17-30(25(19)22)18-24(32)29-14-7-8-15-29)16-23-26(33)31(27(34)28(23)2)21-11-5-4-6-12-21/h4-6,9-13,16-17H,3,7-8,14-15,18H2,1-2H3/b23-16-. The van der Waals surface area contributed by atoms with Gasteiger partial charge in [0.05, 0.1) is 11.2 Å². The number of benzene rings is 2. The van der Waals surface area contributed by atoms with Gasteiger partial charge in [0, 0.05) is 37.3 Å². The van der Waals surface area contributed by atoms with Gasteiger partial charge in [0.15, 0.2) is 5.11 Å². The van der Waals surface area contributed by atoms with E-state index in [1.54, 1.807) is 9.80 Å². The van der Waals surface area contributed by atoms with Crippen LogP contribution >= 0.6 is 12.2 Å². The van der Waals surface area contributed by atoms with E-state index in [1.165, 1.54) is 5.56 Å². The first-order chi connectivity index (χ1) is 16.5. The number of anilines is 1. The fourth-order valence-corrected chi connectivity index (χ4v) is 5.20. The molecule has 3 heterocycles. The summed E-state index contributed by atoms with van der Waals surface area (Å²) >= 11 is 5.61. The summed E-state index contributed by atoms with van der Waals surface area (Å²) in [6.45, 7) is 4.09. The van der Waals surface area contributed by atoms with Gasteiger partial charge in [0.1, 0.15) is 12.2 Å². The Morgan fingerprint density at radius 2 is 1.79 bits per heavy atom. The fourth-order valence-electron chi connectivity index (χ4n) is 4.91. The number of hydrogen-bond donors (Lipinski definition) is 0. The van der Waals surface area contributed by atoms with Crippen LogP contribution in [0.25, 0.3) is 17.0 Å². The van der Waals surface area contributed by atoms with Gasteiger partial charge in [-0.2, -0.15) is 0 Å². The zero-order valence-corrected chi connectivity index (χ0v) is 20.3. The third-order valence-corrected chi connectivity index (χ3v) is 7.18. The molecule has 0 atom stereocenters. The number of amides is 2. The Labute approximate surface area is 205 Å². The van der Waals surface area contributed by atoms with Crippen molar-refractivity contribution in [3.05, 3.63) is 71.6 Å². The highest BCUT2D eigenvalue weighted by molar-refractivity contribution is 7.80. The molecule has 6 nitrogen and oxygen atoms in total. The molecular weight excluding hydrogens is 444 g/mol. The summed E-state index contributed by atoms with van der Waals surface area (Å²) in [5.41, 5.74) is 4.41. The number of likely N-dealkylation sites (tertiary alicyclic amines) is 1. The van der Waals surface area contributed by atoms with Crippen molar-refractivity contribution in [1.82, 2.24) is 14.4 Å². The van der Waals surface area contributed by atoms with E-state index < -0.39 is 0 Å². The molecule has 2 fully saturated rings.